The van der Waals surface area contributed by atoms with Crippen molar-refractivity contribution >= 4 is 23.2 Å². The van der Waals surface area contributed by atoms with Crippen LogP contribution in [-0.2, 0) is 4.79 Å². The van der Waals surface area contributed by atoms with Gasteiger partial charge in [-0.3, -0.25) is 4.79 Å². The van der Waals surface area contributed by atoms with E-state index in [-0.39, 0.29) is 12.5 Å². The van der Waals surface area contributed by atoms with Crippen LogP contribution in [0.15, 0.2) is 18.2 Å². The van der Waals surface area contributed by atoms with Crippen molar-refractivity contribution in [2.75, 3.05) is 31.1 Å². The quantitative estimate of drug-likeness (QED) is 0.931. The normalized spacial score (nSPS) is 19.6. The molecule has 0 aliphatic carbocycles. The van der Waals surface area contributed by atoms with Crippen LogP contribution >= 0.6 is 11.6 Å². The number of nitrogens with zero attached hydrogens (tertiary/aromatic N) is 1. The number of nitrogens with one attached hydrogen (secondary N) is 1. The Morgan fingerprint density at radius 3 is 2.95 bits per heavy atom. The van der Waals surface area contributed by atoms with Gasteiger partial charge in [-0.2, -0.15) is 0 Å². The lowest BCUT2D eigenvalue weighted by Crippen LogP contribution is -2.40. The van der Waals surface area contributed by atoms with Crippen LogP contribution in [-0.4, -0.2) is 32.1 Å². The van der Waals surface area contributed by atoms with Gasteiger partial charge in [0.2, 0.25) is 0 Å². The molecule has 0 radical (unpaired) electrons. The fourth-order valence-corrected chi connectivity index (χ4v) is 3.07. The third-order valence-electron chi connectivity index (χ3n) is 4.08. The summed E-state index contributed by atoms with van der Waals surface area (Å²) in [7, 11) is 0. The number of ether oxygens (including phenoxy) is 1. The molecule has 108 valence electrons. The third-order valence-corrected chi connectivity index (χ3v) is 4.32. The number of rotatable bonds is 3. The third kappa shape index (κ3) is 2.91. The first-order valence-electron chi connectivity index (χ1n) is 7.17. The van der Waals surface area contributed by atoms with Crippen molar-refractivity contribution in [2.24, 2.45) is 5.92 Å². The Morgan fingerprint density at radius 2 is 2.15 bits per heavy atom. The van der Waals surface area contributed by atoms with E-state index in [2.05, 4.69) is 5.32 Å². The summed E-state index contributed by atoms with van der Waals surface area (Å²) in [6.45, 7) is 3.05. The molecule has 0 spiro atoms. The zero-order valence-electron chi connectivity index (χ0n) is 11.4. The standard InChI is InChI=1S/C15H19ClN2O2/c16-12-1-2-14-13(9-12)18(15(19)10-20-14)8-5-11-3-6-17-7-4-11/h1-2,9,11,17H,3-8,10H2. The summed E-state index contributed by atoms with van der Waals surface area (Å²) in [6, 6.07) is 5.44. The van der Waals surface area contributed by atoms with E-state index < -0.39 is 0 Å². The van der Waals surface area contributed by atoms with Crippen LogP contribution in [0.3, 0.4) is 0 Å². The first-order valence-corrected chi connectivity index (χ1v) is 7.55. The zero-order chi connectivity index (χ0) is 13.9. The summed E-state index contributed by atoms with van der Waals surface area (Å²) in [5.41, 5.74) is 0.808. The molecule has 1 saturated heterocycles. The summed E-state index contributed by atoms with van der Waals surface area (Å²) in [6.07, 6.45) is 3.43. The average molecular weight is 295 g/mol. The van der Waals surface area contributed by atoms with Crippen molar-refractivity contribution in [3.05, 3.63) is 23.2 Å². The lowest BCUT2D eigenvalue weighted by Gasteiger charge is -2.31. The Morgan fingerprint density at radius 1 is 1.35 bits per heavy atom. The van der Waals surface area contributed by atoms with E-state index in [1.807, 2.05) is 17.0 Å². The van der Waals surface area contributed by atoms with Crippen molar-refractivity contribution in [3.8, 4) is 5.75 Å². The number of benzene rings is 1. The number of piperidine rings is 1. The van der Waals surface area contributed by atoms with Crippen molar-refractivity contribution < 1.29 is 9.53 Å². The summed E-state index contributed by atoms with van der Waals surface area (Å²) < 4.78 is 5.45. The van der Waals surface area contributed by atoms with E-state index in [4.69, 9.17) is 16.3 Å². The van der Waals surface area contributed by atoms with Crippen LogP contribution in [0.25, 0.3) is 0 Å². The molecule has 0 unspecified atom stereocenters. The van der Waals surface area contributed by atoms with E-state index in [0.29, 0.717) is 10.9 Å². The molecule has 1 aromatic carbocycles. The average Bonchev–Trinajstić information content (AvgIpc) is 2.47. The van der Waals surface area contributed by atoms with Crippen LogP contribution in [0, 0.1) is 5.92 Å². The van der Waals surface area contributed by atoms with Crippen LogP contribution in [0.4, 0.5) is 5.69 Å². The molecule has 1 N–H and O–H groups in total. The molecular formula is C15H19ClN2O2. The Hall–Kier alpha value is -1.26. The number of hydrogen-bond donors (Lipinski definition) is 1. The van der Waals surface area contributed by atoms with Gasteiger partial charge in [-0.25, -0.2) is 0 Å². The molecule has 0 bridgehead atoms. The van der Waals surface area contributed by atoms with E-state index in [1.165, 1.54) is 12.8 Å². The molecular weight excluding hydrogens is 276 g/mol. The van der Waals surface area contributed by atoms with Gasteiger partial charge in [0.1, 0.15) is 5.75 Å². The van der Waals surface area contributed by atoms with E-state index in [0.717, 1.165) is 37.5 Å². The van der Waals surface area contributed by atoms with Crippen LogP contribution in [0.5, 0.6) is 5.75 Å². The lowest BCUT2D eigenvalue weighted by molar-refractivity contribution is -0.121. The molecule has 1 amide bonds. The highest BCUT2D eigenvalue weighted by molar-refractivity contribution is 6.31. The SMILES string of the molecule is O=C1COc2ccc(Cl)cc2N1CCC1CCNCC1. The number of amides is 1. The highest BCUT2D eigenvalue weighted by Gasteiger charge is 2.26. The molecule has 20 heavy (non-hydrogen) atoms. The smallest absolute Gasteiger partial charge is 0.265 e. The van der Waals surface area contributed by atoms with Crippen LogP contribution < -0.4 is 15.0 Å². The second-order valence-electron chi connectivity index (χ2n) is 5.43. The first-order chi connectivity index (χ1) is 9.74. The lowest BCUT2D eigenvalue weighted by atomic mass is 9.94. The van der Waals surface area contributed by atoms with Gasteiger partial charge >= 0.3 is 0 Å². The molecule has 1 fully saturated rings. The van der Waals surface area contributed by atoms with Crippen molar-refractivity contribution in [1.29, 1.82) is 0 Å². The van der Waals surface area contributed by atoms with Crippen molar-refractivity contribution in [2.45, 2.75) is 19.3 Å². The van der Waals surface area contributed by atoms with Gasteiger partial charge in [0, 0.05) is 11.6 Å². The fourth-order valence-electron chi connectivity index (χ4n) is 2.90. The molecule has 4 nitrogen and oxygen atoms in total. The van der Waals surface area contributed by atoms with E-state index in [9.17, 15) is 4.79 Å². The number of hydrogen-bond acceptors (Lipinski definition) is 3. The minimum Gasteiger partial charge on any atom is -0.482 e. The molecule has 0 atom stereocenters. The number of fused-ring (bicyclic) bond motifs is 1. The van der Waals surface area contributed by atoms with Gasteiger partial charge in [0.25, 0.3) is 5.91 Å². The molecule has 0 saturated carbocycles. The van der Waals surface area contributed by atoms with Crippen molar-refractivity contribution in [3.63, 3.8) is 0 Å². The van der Waals surface area contributed by atoms with Gasteiger partial charge in [0.05, 0.1) is 5.69 Å². The second-order valence-corrected chi connectivity index (χ2v) is 5.86. The summed E-state index contributed by atoms with van der Waals surface area (Å²) in [4.78, 5) is 13.9. The topological polar surface area (TPSA) is 41.6 Å². The fraction of sp³-hybridized carbons (Fsp3) is 0.533. The van der Waals surface area contributed by atoms with Crippen molar-refractivity contribution in [1.82, 2.24) is 5.32 Å². The van der Waals surface area contributed by atoms with Gasteiger partial charge in [-0.05, 0) is 56.5 Å². The predicted octanol–water partition coefficient (Wildman–Crippen LogP) is 2.46. The van der Waals surface area contributed by atoms with Gasteiger partial charge in [-0.15, -0.1) is 0 Å². The molecule has 2 heterocycles. The Labute approximate surface area is 124 Å². The predicted molar refractivity (Wildman–Crippen MR) is 79.5 cm³/mol. The summed E-state index contributed by atoms with van der Waals surface area (Å²) in [5, 5.41) is 4.00. The molecule has 5 heteroatoms. The molecule has 1 aromatic rings. The summed E-state index contributed by atoms with van der Waals surface area (Å²) in [5.74, 6) is 1.47. The molecule has 2 aliphatic heterocycles. The molecule has 2 aliphatic rings. The number of carbonyl (C=O) groups is 1. The Balaban J connectivity index is 1.71. The van der Waals surface area contributed by atoms with Crippen LogP contribution in [0.2, 0.25) is 5.02 Å². The van der Waals surface area contributed by atoms with Gasteiger partial charge in [-0.1, -0.05) is 11.6 Å². The number of halogens is 1. The first kappa shape index (κ1) is 13.7. The monoisotopic (exact) mass is 294 g/mol. The van der Waals surface area contributed by atoms with Gasteiger partial charge in [0.15, 0.2) is 6.61 Å². The zero-order valence-corrected chi connectivity index (χ0v) is 12.2. The second kappa shape index (κ2) is 6.02. The maximum atomic E-state index is 12.1. The van der Waals surface area contributed by atoms with E-state index >= 15 is 0 Å². The molecule has 3 rings (SSSR count). The number of carbonyl (C=O) groups excluding carboxylic acids is 1. The number of anilines is 1. The minimum atomic E-state index is 0.0219. The highest BCUT2D eigenvalue weighted by atomic mass is 35.5. The molecule has 0 aromatic heterocycles. The largest absolute Gasteiger partial charge is 0.482 e. The summed E-state index contributed by atoms with van der Waals surface area (Å²) >= 11 is 6.04. The maximum Gasteiger partial charge on any atom is 0.265 e. The Kier molecular flexibility index (Phi) is 4.13. The van der Waals surface area contributed by atoms with E-state index in [1.54, 1.807) is 6.07 Å². The highest BCUT2D eigenvalue weighted by Crippen LogP contribution is 2.35. The minimum absolute atomic E-state index is 0.0219. The Bertz CT molecular complexity index is 501. The van der Waals surface area contributed by atoms with Crippen LogP contribution in [0.1, 0.15) is 19.3 Å². The maximum absolute atomic E-state index is 12.1. The van der Waals surface area contributed by atoms with Gasteiger partial charge < -0.3 is 15.0 Å².